The molecule has 1 fully saturated rings. The molecule has 4 heteroatoms. The van der Waals surface area contributed by atoms with Crippen molar-refractivity contribution in [2.24, 2.45) is 5.73 Å². The Hall–Kier alpha value is -1.68. The van der Waals surface area contributed by atoms with Crippen molar-refractivity contribution in [2.45, 2.75) is 38.8 Å². The summed E-state index contributed by atoms with van der Waals surface area (Å²) >= 11 is 0. The number of nitrogens with two attached hydrogens (primary N) is 1. The van der Waals surface area contributed by atoms with E-state index in [4.69, 9.17) is 10.5 Å². The molecule has 1 aliphatic rings. The molecule has 2 rings (SSSR count). The largest absolute Gasteiger partial charge is 0.369 e. The number of aryl methyl sites for hydroxylation is 1. The second kappa shape index (κ2) is 7.04. The van der Waals surface area contributed by atoms with E-state index in [9.17, 15) is 0 Å². The maximum Gasteiger partial charge on any atom is 0.106 e. The number of carbonyl (C=O) groups excluding carboxylic acids is 1. The number of nitrogens with zero attached hydrogens (tertiary/aromatic N) is 2. The standard InChI is InChI=1S/C14H21N3.CH2O/c1-10-8-13(4-6-16-10)12(3)17-7-5-14(15)9-11(17)2;1-2/h4,6,8,11,14H,3,5,7,9,15H2,1-2H3;1H2/t11-,14+;/m1./s1. The van der Waals surface area contributed by atoms with E-state index in [0.29, 0.717) is 12.1 Å². The fourth-order valence-corrected chi connectivity index (χ4v) is 2.50. The molecule has 0 saturated carbocycles. The molecule has 2 atom stereocenters. The van der Waals surface area contributed by atoms with E-state index in [1.165, 1.54) is 5.56 Å². The Morgan fingerprint density at radius 3 is 2.79 bits per heavy atom. The third-order valence-electron chi connectivity index (χ3n) is 3.49. The zero-order valence-corrected chi connectivity index (χ0v) is 11.8. The quantitative estimate of drug-likeness (QED) is 0.884. The highest BCUT2D eigenvalue weighted by molar-refractivity contribution is 5.62. The Balaban J connectivity index is 0.000000861. The SMILES string of the molecule is C=C(c1ccnc(C)c1)N1CC[C@H](N)C[C@H]1C.C=O. The van der Waals surface area contributed by atoms with Gasteiger partial charge < -0.3 is 15.4 Å². The van der Waals surface area contributed by atoms with E-state index in [1.807, 2.05) is 26.0 Å². The maximum absolute atomic E-state index is 8.00. The summed E-state index contributed by atoms with van der Waals surface area (Å²) in [5.41, 5.74) is 9.28. The summed E-state index contributed by atoms with van der Waals surface area (Å²) in [5, 5.41) is 0. The molecule has 0 aliphatic carbocycles. The van der Waals surface area contributed by atoms with Crippen LogP contribution in [-0.4, -0.2) is 35.3 Å². The number of carbonyl (C=O) groups is 1. The predicted molar refractivity (Wildman–Crippen MR) is 78.5 cm³/mol. The second-order valence-electron chi connectivity index (χ2n) is 4.96. The van der Waals surface area contributed by atoms with Gasteiger partial charge in [0.1, 0.15) is 6.79 Å². The summed E-state index contributed by atoms with van der Waals surface area (Å²) in [5.74, 6) is 0. The van der Waals surface area contributed by atoms with Gasteiger partial charge in [0, 0.05) is 41.8 Å². The molecule has 0 radical (unpaired) electrons. The van der Waals surface area contributed by atoms with Gasteiger partial charge in [-0.3, -0.25) is 4.98 Å². The Bertz CT molecular complexity index is 433. The summed E-state index contributed by atoms with van der Waals surface area (Å²) in [6.07, 6.45) is 3.94. The van der Waals surface area contributed by atoms with Crippen LogP contribution in [0.3, 0.4) is 0 Å². The molecular formula is C15H23N3O. The van der Waals surface area contributed by atoms with Crippen molar-refractivity contribution in [1.29, 1.82) is 0 Å². The lowest BCUT2D eigenvalue weighted by molar-refractivity contribution is -0.0979. The van der Waals surface area contributed by atoms with E-state index in [-0.39, 0.29) is 0 Å². The zero-order valence-electron chi connectivity index (χ0n) is 11.8. The van der Waals surface area contributed by atoms with E-state index in [1.54, 1.807) is 0 Å². The third kappa shape index (κ3) is 3.89. The average molecular weight is 261 g/mol. The van der Waals surface area contributed by atoms with E-state index < -0.39 is 0 Å². The predicted octanol–water partition coefficient (Wildman–Crippen LogP) is 1.99. The van der Waals surface area contributed by atoms with Gasteiger partial charge >= 0.3 is 0 Å². The lowest BCUT2D eigenvalue weighted by Gasteiger charge is -2.39. The fraction of sp³-hybridized carbons (Fsp3) is 0.467. The Morgan fingerprint density at radius 2 is 2.21 bits per heavy atom. The maximum atomic E-state index is 8.00. The molecule has 4 nitrogen and oxygen atoms in total. The molecule has 19 heavy (non-hydrogen) atoms. The number of likely N-dealkylation sites (tertiary alicyclic amines) is 1. The van der Waals surface area contributed by atoms with Gasteiger partial charge in [-0.2, -0.15) is 0 Å². The van der Waals surface area contributed by atoms with Gasteiger partial charge in [-0.1, -0.05) is 6.58 Å². The Morgan fingerprint density at radius 1 is 1.53 bits per heavy atom. The second-order valence-corrected chi connectivity index (χ2v) is 4.96. The number of rotatable bonds is 2. The van der Waals surface area contributed by atoms with E-state index >= 15 is 0 Å². The van der Waals surface area contributed by atoms with Gasteiger partial charge in [-0.25, -0.2) is 0 Å². The first-order chi connectivity index (χ1) is 9.08. The molecule has 0 aromatic carbocycles. The summed E-state index contributed by atoms with van der Waals surface area (Å²) in [4.78, 5) is 14.6. The molecule has 1 aliphatic heterocycles. The molecule has 0 unspecified atom stereocenters. The summed E-state index contributed by atoms with van der Waals surface area (Å²) in [7, 11) is 0. The first kappa shape index (κ1) is 15.4. The minimum atomic E-state index is 0.341. The van der Waals surface area contributed by atoms with Crippen LogP contribution in [0.15, 0.2) is 24.9 Å². The number of pyridine rings is 1. The molecule has 2 heterocycles. The molecule has 104 valence electrons. The molecular weight excluding hydrogens is 238 g/mol. The van der Waals surface area contributed by atoms with E-state index in [2.05, 4.69) is 29.5 Å². The molecule has 1 saturated heterocycles. The fourth-order valence-electron chi connectivity index (χ4n) is 2.50. The van der Waals surface area contributed by atoms with Crippen molar-refractivity contribution < 1.29 is 4.79 Å². The zero-order chi connectivity index (χ0) is 14.4. The molecule has 0 amide bonds. The summed E-state index contributed by atoms with van der Waals surface area (Å²) in [6.45, 7) is 11.5. The first-order valence-corrected chi connectivity index (χ1v) is 6.51. The molecule has 0 spiro atoms. The topological polar surface area (TPSA) is 59.2 Å². The highest BCUT2D eigenvalue weighted by Gasteiger charge is 2.24. The Kier molecular flexibility index (Phi) is 5.70. The molecule has 0 bridgehead atoms. The summed E-state index contributed by atoms with van der Waals surface area (Å²) < 4.78 is 0. The number of aromatic nitrogens is 1. The van der Waals surface area contributed by atoms with Crippen molar-refractivity contribution in [3.8, 4) is 0 Å². The molecule has 2 N–H and O–H groups in total. The van der Waals surface area contributed by atoms with Gasteiger partial charge in [0.15, 0.2) is 0 Å². The van der Waals surface area contributed by atoms with Gasteiger partial charge in [-0.15, -0.1) is 0 Å². The van der Waals surface area contributed by atoms with Gasteiger partial charge in [0.2, 0.25) is 0 Å². The third-order valence-corrected chi connectivity index (χ3v) is 3.49. The minimum Gasteiger partial charge on any atom is -0.369 e. The number of piperidine rings is 1. The number of hydrogen-bond acceptors (Lipinski definition) is 4. The van der Waals surface area contributed by atoms with Crippen LogP contribution in [0, 0.1) is 6.92 Å². The van der Waals surface area contributed by atoms with Crippen molar-refractivity contribution in [2.75, 3.05) is 6.54 Å². The van der Waals surface area contributed by atoms with Crippen molar-refractivity contribution in [3.05, 3.63) is 36.2 Å². The molecule has 1 aromatic heterocycles. The average Bonchev–Trinajstić information content (AvgIpc) is 2.40. The first-order valence-electron chi connectivity index (χ1n) is 6.51. The van der Waals surface area contributed by atoms with E-state index in [0.717, 1.165) is 30.8 Å². The van der Waals surface area contributed by atoms with Crippen LogP contribution in [-0.2, 0) is 4.79 Å². The monoisotopic (exact) mass is 261 g/mol. The van der Waals surface area contributed by atoms with Crippen LogP contribution in [0.4, 0.5) is 0 Å². The van der Waals surface area contributed by atoms with Crippen LogP contribution in [0.5, 0.6) is 0 Å². The normalized spacial score (nSPS) is 22.4. The molecule has 1 aromatic rings. The minimum absolute atomic E-state index is 0.341. The van der Waals surface area contributed by atoms with Crippen LogP contribution < -0.4 is 5.73 Å². The summed E-state index contributed by atoms with van der Waals surface area (Å²) in [6, 6.07) is 4.92. The van der Waals surface area contributed by atoms with Gasteiger partial charge in [0.05, 0.1) is 0 Å². The van der Waals surface area contributed by atoms with Crippen LogP contribution >= 0.6 is 0 Å². The lowest BCUT2D eigenvalue weighted by atomic mass is 9.97. The lowest BCUT2D eigenvalue weighted by Crippen LogP contribution is -2.44. The van der Waals surface area contributed by atoms with Gasteiger partial charge in [0.25, 0.3) is 0 Å². The Labute approximate surface area is 115 Å². The van der Waals surface area contributed by atoms with Gasteiger partial charge in [-0.05, 0) is 38.8 Å². The highest BCUT2D eigenvalue weighted by atomic mass is 16.1. The van der Waals surface area contributed by atoms with Crippen LogP contribution in [0.25, 0.3) is 5.70 Å². The van der Waals surface area contributed by atoms with Crippen LogP contribution in [0.2, 0.25) is 0 Å². The van der Waals surface area contributed by atoms with Crippen molar-refractivity contribution in [3.63, 3.8) is 0 Å². The van der Waals surface area contributed by atoms with Crippen molar-refractivity contribution in [1.82, 2.24) is 9.88 Å². The van der Waals surface area contributed by atoms with Crippen molar-refractivity contribution >= 4 is 12.5 Å². The highest BCUT2D eigenvalue weighted by Crippen LogP contribution is 2.25. The smallest absolute Gasteiger partial charge is 0.106 e. The number of hydrogen-bond donors (Lipinski definition) is 1. The van der Waals surface area contributed by atoms with Crippen LogP contribution in [0.1, 0.15) is 31.0 Å².